The third-order valence-corrected chi connectivity index (χ3v) is 7.99. The van der Waals surface area contributed by atoms with Crippen LogP contribution in [-0.2, 0) is 16.0 Å². The number of carbonyl (C=O) groups excluding carboxylic acids is 2. The molecule has 2 aromatic heterocycles. The molecular formula is C25H27N3O4S2. The smallest absolute Gasteiger partial charge is 0.234 e. The molecule has 2 aliphatic heterocycles. The number of hydrogen-bond acceptors (Lipinski definition) is 8. The van der Waals surface area contributed by atoms with Crippen molar-refractivity contribution in [2.45, 2.75) is 38.1 Å². The first-order valence-electron chi connectivity index (χ1n) is 11.6. The van der Waals surface area contributed by atoms with Gasteiger partial charge in [0.25, 0.3) is 0 Å². The topological polar surface area (TPSA) is 72.0 Å². The number of thiophene rings is 1. The lowest BCUT2D eigenvalue weighted by Gasteiger charge is -2.32. The number of ether oxygens (including phenoxy) is 2. The highest BCUT2D eigenvalue weighted by molar-refractivity contribution is 7.14. The lowest BCUT2D eigenvalue weighted by Crippen LogP contribution is -2.42. The van der Waals surface area contributed by atoms with Crippen LogP contribution in [0.2, 0.25) is 0 Å². The van der Waals surface area contributed by atoms with Gasteiger partial charge >= 0.3 is 0 Å². The van der Waals surface area contributed by atoms with Gasteiger partial charge in [-0.15, -0.1) is 22.7 Å². The molecule has 1 amide bonds. The van der Waals surface area contributed by atoms with Crippen LogP contribution in [0.1, 0.15) is 30.6 Å². The summed E-state index contributed by atoms with van der Waals surface area (Å²) in [4.78, 5) is 34.7. The second kappa shape index (κ2) is 10.7. The minimum Gasteiger partial charge on any atom is -0.454 e. The van der Waals surface area contributed by atoms with Crippen molar-refractivity contribution in [3.8, 4) is 22.8 Å². The van der Waals surface area contributed by atoms with Crippen molar-refractivity contribution in [1.82, 2.24) is 9.88 Å². The second-order valence-corrected chi connectivity index (χ2v) is 10.3. The molecule has 0 unspecified atom stereocenters. The highest BCUT2D eigenvalue weighted by atomic mass is 32.1. The summed E-state index contributed by atoms with van der Waals surface area (Å²) in [5.74, 6) is 1.49. The highest BCUT2D eigenvalue weighted by Crippen LogP contribution is 2.37. The maximum atomic E-state index is 13.3. The summed E-state index contributed by atoms with van der Waals surface area (Å²) in [5, 5.41) is 4.66. The predicted molar refractivity (Wildman–Crippen MR) is 134 cm³/mol. The normalized spacial score (nSPS) is 17.6. The number of amides is 1. The zero-order valence-electron chi connectivity index (χ0n) is 18.9. The van der Waals surface area contributed by atoms with Crippen LogP contribution in [0.4, 0.5) is 5.13 Å². The minimum absolute atomic E-state index is 0.00138. The van der Waals surface area contributed by atoms with E-state index in [1.54, 1.807) is 16.2 Å². The summed E-state index contributed by atoms with van der Waals surface area (Å²) in [6, 6.07) is 9.73. The van der Waals surface area contributed by atoms with Crippen molar-refractivity contribution < 1.29 is 19.1 Å². The standard InChI is InChI=1S/C25H27N3O4S2/c29-15-19-5-1-2-9-27(19)10-4-11-28(24(30)14-20-6-3-12-33-20)25-26-21(16-34-25)18-7-8-22-23(13-18)32-17-31-22/h3,6-8,12-13,15-16,19H,1-2,4-5,9-11,14,17H2/t19-/m0/s1. The number of benzene rings is 1. The number of likely N-dealkylation sites (tertiary alicyclic amines) is 1. The number of thiazole rings is 1. The molecule has 5 rings (SSSR count). The van der Waals surface area contributed by atoms with E-state index >= 15 is 0 Å². The van der Waals surface area contributed by atoms with Gasteiger partial charge < -0.3 is 14.3 Å². The third kappa shape index (κ3) is 5.16. The van der Waals surface area contributed by atoms with Gasteiger partial charge in [-0.25, -0.2) is 4.98 Å². The molecule has 0 bridgehead atoms. The molecule has 7 nitrogen and oxygen atoms in total. The first kappa shape index (κ1) is 23.0. The van der Waals surface area contributed by atoms with Crippen LogP contribution in [0.25, 0.3) is 11.3 Å². The largest absolute Gasteiger partial charge is 0.454 e. The zero-order valence-corrected chi connectivity index (χ0v) is 20.5. The Labute approximate surface area is 206 Å². The molecule has 178 valence electrons. The molecule has 1 atom stereocenters. The molecule has 0 N–H and O–H groups in total. The van der Waals surface area contributed by atoms with Crippen LogP contribution in [0, 0.1) is 0 Å². The molecule has 0 spiro atoms. The van der Waals surface area contributed by atoms with Crippen LogP contribution in [0.15, 0.2) is 41.1 Å². The molecule has 9 heteroatoms. The van der Waals surface area contributed by atoms with E-state index in [-0.39, 0.29) is 18.7 Å². The highest BCUT2D eigenvalue weighted by Gasteiger charge is 2.24. The average molecular weight is 498 g/mol. The van der Waals surface area contributed by atoms with E-state index in [1.165, 1.54) is 11.3 Å². The van der Waals surface area contributed by atoms with Crippen LogP contribution < -0.4 is 14.4 Å². The van der Waals surface area contributed by atoms with Crippen molar-refractivity contribution in [3.05, 3.63) is 46.0 Å². The number of hydrogen-bond donors (Lipinski definition) is 0. The maximum absolute atomic E-state index is 13.3. The summed E-state index contributed by atoms with van der Waals surface area (Å²) in [5.41, 5.74) is 1.74. The van der Waals surface area contributed by atoms with E-state index in [2.05, 4.69) is 4.90 Å². The fourth-order valence-electron chi connectivity index (χ4n) is 4.44. The Morgan fingerprint density at radius 2 is 2.12 bits per heavy atom. The fourth-order valence-corrected chi connectivity index (χ4v) is 6.01. The molecule has 0 aliphatic carbocycles. The number of carbonyl (C=O) groups is 2. The van der Waals surface area contributed by atoms with Crippen molar-refractivity contribution >= 4 is 40.0 Å². The van der Waals surface area contributed by atoms with Crippen molar-refractivity contribution in [3.63, 3.8) is 0 Å². The third-order valence-electron chi connectivity index (χ3n) is 6.25. The van der Waals surface area contributed by atoms with Crippen molar-refractivity contribution in [1.29, 1.82) is 0 Å². The molecule has 0 saturated carbocycles. The quantitative estimate of drug-likeness (QED) is 0.402. The lowest BCUT2D eigenvalue weighted by atomic mass is 10.0. The van der Waals surface area contributed by atoms with Crippen LogP contribution >= 0.6 is 22.7 Å². The van der Waals surface area contributed by atoms with E-state index in [4.69, 9.17) is 14.5 Å². The Hall–Kier alpha value is -2.75. The van der Waals surface area contributed by atoms with Gasteiger partial charge in [0.1, 0.15) is 6.29 Å². The number of rotatable bonds is 9. The van der Waals surface area contributed by atoms with Crippen LogP contribution in [-0.4, -0.2) is 54.5 Å². The Morgan fingerprint density at radius 3 is 2.97 bits per heavy atom. The molecule has 2 aliphatic rings. The average Bonchev–Trinajstić information content (AvgIpc) is 3.63. The first-order valence-corrected chi connectivity index (χ1v) is 13.3. The molecule has 1 aromatic carbocycles. The summed E-state index contributed by atoms with van der Waals surface area (Å²) < 4.78 is 10.9. The Kier molecular flexibility index (Phi) is 7.22. The van der Waals surface area contributed by atoms with E-state index < -0.39 is 0 Å². The Bertz CT molecular complexity index is 1130. The van der Waals surface area contributed by atoms with Gasteiger partial charge in [0.05, 0.1) is 18.2 Å². The number of aldehydes is 1. The van der Waals surface area contributed by atoms with E-state index in [9.17, 15) is 9.59 Å². The monoisotopic (exact) mass is 497 g/mol. The maximum Gasteiger partial charge on any atom is 0.234 e. The number of aromatic nitrogens is 1. The molecular weight excluding hydrogens is 470 g/mol. The lowest BCUT2D eigenvalue weighted by molar-refractivity contribution is -0.118. The fraction of sp³-hybridized carbons (Fsp3) is 0.400. The summed E-state index contributed by atoms with van der Waals surface area (Å²) in [6.45, 7) is 2.54. The van der Waals surface area contributed by atoms with E-state index in [0.29, 0.717) is 23.8 Å². The summed E-state index contributed by atoms with van der Waals surface area (Å²) in [6.07, 6.45) is 5.37. The van der Waals surface area contributed by atoms with Gasteiger partial charge in [-0.3, -0.25) is 14.6 Å². The number of fused-ring (bicyclic) bond motifs is 1. The second-order valence-electron chi connectivity index (χ2n) is 8.47. The zero-order chi connectivity index (χ0) is 23.3. The van der Waals surface area contributed by atoms with Gasteiger partial charge in [-0.2, -0.15) is 0 Å². The van der Waals surface area contributed by atoms with Crippen molar-refractivity contribution in [2.24, 2.45) is 0 Å². The molecule has 4 heterocycles. The van der Waals surface area contributed by atoms with Crippen LogP contribution in [0.5, 0.6) is 11.5 Å². The molecule has 0 radical (unpaired) electrons. The summed E-state index contributed by atoms with van der Waals surface area (Å²) in [7, 11) is 0. The van der Waals surface area contributed by atoms with E-state index in [0.717, 1.165) is 66.9 Å². The van der Waals surface area contributed by atoms with Gasteiger partial charge in [0, 0.05) is 28.9 Å². The van der Waals surface area contributed by atoms with Gasteiger partial charge in [0.15, 0.2) is 16.6 Å². The van der Waals surface area contributed by atoms with Crippen molar-refractivity contribution in [2.75, 3.05) is 31.3 Å². The van der Waals surface area contributed by atoms with Gasteiger partial charge in [0.2, 0.25) is 12.7 Å². The van der Waals surface area contributed by atoms with E-state index in [1.807, 2.05) is 41.1 Å². The van der Waals surface area contributed by atoms with Gasteiger partial charge in [-0.1, -0.05) is 12.5 Å². The number of piperidine rings is 1. The minimum atomic E-state index is 0.00138. The first-order chi connectivity index (χ1) is 16.7. The SMILES string of the molecule is O=C[C@@H]1CCCCN1CCCN(C(=O)Cc1cccs1)c1nc(-c2ccc3c(c2)OCO3)cs1. The summed E-state index contributed by atoms with van der Waals surface area (Å²) >= 11 is 3.06. The number of anilines is 1. The number of nitrogens with zero attached hydrogens (tertiary/aromatic N) is 3. The van der Waals surface area contributed by atoms with Crippen LogP contribution in [0.3, 0.4) is 0 Å². The molecule has 34 heavy (non-hydrogen) atoms. The van der Waals surface area contributed by atoms with Gasteiger partial charge in [-0.05, 0) is 55.5 Å². The molecule has 1 fully saturated rings. The molecule has 3 aromatic rings. The Morgan fingerprint density at radius 1 is 1.21 bits per heavy atom. The Balaban J connectivity index is 1.31. The predicted octanol–water partition coefficient (Wildman–Crippen LogP) is 4.62. The molecule has 1 saturated heterocycles.